The van der Waals surface area contributed by atoms with Crippen molar-refractivity contribution in [1.82, 2.24) is 35.2 Å². The Kier molecular flexibility index (Phi) is 7.62. The molecule has 5 rings (SSSR count). The minimum Gasteiger partial charge on any atom is -0.480 e. The highest BCUT2D eigenvalue weighted by atomic mass is 16.5. The number of pyridine rings is 1. The molecule has 2 N–H and O–H groups in total. The molecule has 2 aromatic carbocycles. The average molecular weight is 526 g/mol. The molecule has 9 nitrogen and oxygen atoms in total. The molecule has 0 bridgehead atoms. The summed E-state index contributed by atoms with van der Waals surface area (Å²) in [7, 11) is 64.3. The molecule has 0 saturated heterocycles. The van der Waals surface area contributed by atoms with Gasteiger partial charge in [0.2, 0.25) is 11.7 Å². The smallest absolute Gasteiger partial charge is 0.226 e. The van der Waals surface area contributed by atoms with Gasteiger partial charge in [-0.1, -0.05) is 21.9 Å². The van der Waals surface area contributed by atoms with E-state index < -0.39 is 5.60 Å². The Balaban J connectivity index is 2.01. The third-order valence-electron chi connectivity index (χ3n) is 7.25. The number of aryl methyl sites for hydroxylation is 1. The standard InChI is InChI=1S/C23H11B10N7O2/c1-3-40-6-4-5(19-36-38-39-37-19)21(42-2)34-20(6)35-22(40)23(41,7-9(24)13(28)17(32)14(29)10(7)25)8-11(26)15(30)18(33)16(31)12(8)27/h4,41H,3H2,1-2H3,(H,36,37,38,39). The SMILES string of the molecule is [B]c1c([B])c([B])c(C(O)(c2c([B])c([B])c([B])c([B])c2[B])c2nc3nc(OC)c(-c4nn[nH]n4)cc3n2CC)c([B])c1[B]. The molecule has 0 saturated carbocycles. The summed E-state index contributed by atoms with van der Waals surface area (Å²) >= 11 is 0. The second-order valence-electron chi connectivity index (χ2n) is 9.40. The van der Waals surface area contributed by atoms with Crippen LogP contribution in [0.1, 0.15) is 23.9 Å². The monoisotopic (exact) mass is 527 g/mol. The lowest BCUT2D eigenvalue weighted by atomic mass is 9.54. The zero-order chi connectivity index (χ0) is 30.8. The van der Waals surface area contributed by atoms with Crippen molar-refractivity contribution < 1.29 is 9.84 Å². The number of aliphatic hydroxyl groups is 1. The van der Waals surface area contributed by atoms with E-state index in [1.807, 2.05) is 0 Å². The summed E-state index contributed by atoms with van der Waals surface area (Å²) in [6.07, 6.45) is 0. The Hall–Kier alpha value is -3.46. The summed E-state index contributed by atoms with van der Waals surface area (Å²) in [5.74, 6) is 0.213. The molecule has 0 aliphatic heterocycles. The number of ether oxygens (including phenoxy) is 1. The van der Waals surface area contributed by atoms with E-state index in [1.165, 1.54) is 7.11 Å². The van der Waals surface area contributed by atoms with Gasteiger partial charge in [0.25, 0.3) is 0 Å². The van der Waals surface area contributed by atoms with Gasteiger partial charge in [-0.25, -0.2) is 4.98 Å². The molecule has 0 unspecified atom stereocenters. The molecule has 5 aromatic rings. The number of methoxy groups -OCH3 is 1. The summed E-state index contributed by atoms with van der Waals surface area (Å²) in [5.41, 5.74) is -3.69. The Morgan fingerprint density at radius 2 is 1.26 bits per heavy atom. The fourth-order valence-corrected chi connectivity index (χ4v) is 5.05. The first-order valence-corrected chi connectivity index (χ1v) is 12.3. The van der Waals surface area contributed by atoms with E-state index in [4.69, 9.17) is 83.2 Å². The molecular formula is C23H11B10N7O2. The van der Waals surface area contributed by atoms with Crippen LogP contribution in [0.3, 0.4) is 0 Å². The number of aromatic nitrogens is 7. The van der Waals surface area contributed by atoms with Gasteiger partial charge in [-0.15, -0.1) is 43.0 Å². The van der Waals surface area contributed by atoms with Crippen molar-refractivity contribution in [3.8, 4) is 17.3 Å². The van der Waals surface area contributed by atoms with Crippen molar-refractivity contribution in [3.63, 3.8) is 0 Å². The molecule has 0 atom stereocenters. The Morgan fingerprint density at radius 3 is 1.67 bits per heavy atom. The van der Waals surface area contributed by atoms with E-state index in [0.29, 0.717) is 11.1 Å². The summed E-state index contributed by atoms with van der Waals surface area (Å²) in [5, 5.41) is 27.0. The van der Waals surface area contributed by atoms with E-state index in [-0.39, 0.29) is 95.5 Å². The van der Waals surface area contributed by atoms with Gasteiger partial charge in [-0.05, 0) is 29.3 Å². The highest BCUT2D eigenvalue weighted by molar-refractivity contribution is 6.69. The molecular weight excluding hydrogens is 514 g/mol. The number of hydrogen-bond donors (Lipinski definition) is 2. The number of nitrogens with zero attached hydrogens (tertiary/aromatic N) is 6. The molecule has 20 radical (unpaired) electrons. The Labute approximate surface area is 255 Å². The maximum Gasteiger partial charge on any atom is 0.226 e. The fraction of sp³-hybridized carbons (Fsp3) is 0.174. The van der Waals surface area contributed by atoms with Gasteiger partial charge in [0, 0.05) is 6.54 Å². The van der Waals surface area contributed by atoms with E-state index in [1.54, 1.807) is 17.6 Å². The normalized spacial score (nSPS) is 11.8. The third-order valence-corrected chi connectivity index (χ3v) is 7.25. The van der Waals surface area contributed by atoms with Crippen LogP contribution in [-0.4, -0.2) is 126 Å². The van der Waals surface area contributed by atoms with Crippen molar-refractivity contribution in [2.45, 2.75) is 19.1 Å². The zero-order valence-corrected chi connectivity index (χ0v) is 22.6. The average Bonchev–Trinajstić information content (AvgIpc) is 3.64. The van der Waals surface area contributed by atoms with E-state index in [2.05, 4.69) is 30.6 Å². The molecule has 42 heavy (non-hydrogen) atoms. The molecule has 0 fully saturated rings. The van der Waals surface area contributed by atoms with Crippen LogP contribution in [-0.2, 0) is 12.1 Å². The molecule has 0 aliphatic rings. The number of tetrazole rings is 1. The zero-order valence-electron chi connectivity index (χ0n) is 22.6. The van der Waals surface area contributed by atoms with Gasteiger partial charge in [0.05, 0.1) is 18.2 Å². The lowest BCUT2D eigenvalue weighted by Crippen LogP contribution is -2.64. The number of nitrogens with one attached hydrogen (secondary N) is 1. The van der Waals surface area contributed by atoms with Crippen molar-refractivity contribution >= 4 is 144 Å². The number of hydrogen-bond acceptors (Lipinski definition) is 7. The van der Waals surface area contributed by atoms with Crippen LogP contribution < -0.4 is 59.4 Å². The third kappa shape index (κ3) is 4.14. The van der Waals surface area contributed by atoms with Crippen LogP contribution in [0.25, 0.3) is 22.6 Å². The maximum absolute atomic E-state index is 13.0. The summed E-state index contributed by atoms with van der Waals surface area (Å²) < 4.78 is 7.07. The van der Waals surface area contributed by atoms with Gasteiger partial charge >= 0.3 is 0 Å². The van der Waals surface area contributed by atoms with Crippen LogP contribution in [0.2, 0.25) is 0 Å². The lowest BCUT2D eigenvalue weighted by molar-refractivity contribution is 0.116. The van der Waals surface area contributed by atoms with Gasteiger partial charge in [0.15, 0.2) is 17.1 Å². The first-order chi connectivity index (χ1) is 19.8. The second kappa shape index (κ2) is 10.7. The topological polar surface area (TPSA) is 115 Å². The first kappa shape index (κ1) is 30.0. The van der Waals surface area contributed by atoms with Gasteiger partial charge in [-0.2, -0.15) is 10.2 Å². The van der Waals surface area contributed by atoms with Crippen molar-refractivity contribution in [2.75, 3.05) is 7.11 Å². The fourth-order valence-electron chi connectivity index (χ4n) is 5.05. The van der Waals surface area contributed by atoms with Gasteiger partial charge in [-0.3, -0.25) is 0 Å². The van der Waals surface area contributed by atoms with Crippen molar-refractivity contribution in [2.24, 2.45) is 0 Å². The molecule has 180 valence electrons. The molecule has 3 heterocycles. The number of aromatic amines is 1. The quantitative estimate of drug-likeness (QED) is 0.212. The molecule has 0 amide bonds. The second-order valence-corrected chi connectivity index (χ2v) is 9.40. The molecule has 0 aliphatic carbocycles. The summed E-state index contributed by atoms with van der Waals surface area (Å²) in [6, 6.07) is 1.66. The van der Waals surface area contributed by atoms with E-state index in [9.17, 15) is 5.11 Å². The molecule has 3 aromatic heterocycles. The largest absolute Gasteiger partial charge is 0.480 e. The highest BCUT2D eigenvalue weighted by Gasteiger charge is 2.44. The predicted molar refractivity (Wildman–Crippen MR) is 172 cm³/mol. The summed E-state index contributed by atoms with van der Waals surface area (Å²) in [6.45, 7) is 2.01. The number of imidazole rings is 1. The predicted octanol–water partition coefficient (Wildman–Crippen LogP) is -9.14. The lowest BCUT2D eigenvalue weighted by Gasteiger charge is -2.39. The molecule has 19 heteroatoms. The van der Waals surface area contributed by atoms with Crippen LogP contribution >= 0.6 is 0 Å². The Morgan fingerprint density at radius 1 is 0.786 bits per heavy atom. The number of fused-ring (bicyclic) bond motifs is 1. The minimum atomic E-state index is -2.51. The van der Waals surface area contributed by atoms with Gasteiger partial charge < -0.3 is 14.4 Å². The minimum absolute atomic E-state index is 0.0893. The highest BCUT2D eigenvalue weighted by Crippen LogP contribution is 2.36. The number of benzene rings is 2. The van der Waals surface area contributed by atoms with Gasteiger partial charge in [0.1, 0.15) is 78.5 Å². The van der Waals surface area contributed by atoms with Crippen LogP contribution in [0.5, 0.6) is 5.88 Å². The van der Waals surface area contributed by atoms with Crippen LogP contribution in [0.4, 0.5) is 0 Å². The summed E-state index contributed by atoms with van der Waals surface area (Å²) in [4.78, 5) is 9.19. The van der Waals surface area contributed by atoms with E-state index in [0.717, 1.165) is 0 Å². The van der Waals surface area contributed by atoms with Crippen molar-refractivity contribution in [1.29, 1.82) is 0 Å². The molecule has 0 spiro atoms. The Bertz CT molecular complexity index is 1770. The number of H-pyrrole nitrogens is 1. The van der Waals surface area contributed by atoms with E-state index >= 15 is 0 Å². The number of rotatable bonds is 6. The first-order valence-electron chi connectivity index (χ1n) is 12.3. The van der Waals surface area contributed by atoms with Crippen molar-refractivity contribution in [3.05, 3.63) is 23.0 Å². The van der Waals surface area contributed by atoms with Crippen LogP contribution in [0.15, 0.2) is 6.07 Å². The van der Waals surface area contributed by atoms with Crippen LogP contribution in [0, 0.1) is 0 Å². The maximum atomic E-state index is 13.0.